The second kappa shape index (κ2) is 9.97. The number of guanidine groups is 1. The number of hydrogen-bond donors (Lipinski definition) is 3. The maximum atomic E-state index is 10.6. The molecule has 1 aromatic heterocycles. The standard InChI is InChI=1S/C20H36N4O2/c1-5-21-19(22-13-14-24(4)17-9-7-6-8-10-17)23-15-20(3,25)18-12-11-16(2)26-18/h11-12,17,25H,5-10,13-15H2,1-4H3,(H2,21,22,23). The van der Waals surface area contributed by atoms with Crippen molar-refractivity contribution in [1.29, 1.82) is 0 Å². The van der Waals surface area contributed by atoms with Crippen molar-refractivity contribution in [2.45, 2.75) is 64.5 Å². The average molecular weight is 365 g/mol. The molecule has 1 atom stereocenters. The van der Waals surface area contributed by atoms with Crippen molar-refractivity contribution in [2.24, 2.45) is 4.99 Å². The largest absolute Gasteiger partial charge is 0.463 e. The van der Waals surface area contributed by atoms with E-state index in [1.54, 1.807) is 6.92 Å². The molecule has 3 N–H and O–H groups in total. The summed E-state index contributed by atoms with van der Waals surface area (Å²) in [6, 6.07) is 4.38. The molecule has 0 spiro atoms. The first-order chi connectivity index (χ1) is 12.4. The van der Waals surface area contributed by atoms with E-state index in [4.69, 9.17) is 4.42 Å². The van der Waals surface area contributed by atoms with Crippen LogP contribution < -0.4 is 10.6 Å². The number of rotatable bonds is 8. The predicted molar refractivity (Wildman–Crippen MR) is 107 cm³/mol. The highest BCUT2D eigenvalue weighted by atomic mass is 16.4. The van der Waals surface area contributed by atoms with Crippen LogP contribution in [-0.2, 0) is 5.60 Å². The van der Waals surface area contributed by atoms with Crippen LogP contribution in [-0.4, -0.2) is 55.2 Å². The Labute approximate surface area is 158 Å². The number of aliphatic hydroxyl groups is 1. The molecular weight excluding hydrogens is 328 g/mol. The molecule has 0 amide bonds. The number of furan rings is 1. The molecule has 1 heterocycles. The van der Waals surface area contributed by atoms with Crippen molar-refractivity contribution in [1.82, 2.24) is 15.5 Å². The molecule has 1 aromatic rings. The number of hydrogen-bond acceptors (Lipinski definition) is 4. The van der Waals surface area contributed by atoms with Gasteiger partial charge in [0.15, 0.2) is 5.96 Å². The third-order valence-electron chi connectivity index (χ3n) is 5.12. The smallest absolute Gasteiger partial charge is 0.191 e. The summed E-state index contributed by atoms with van der Waals surface area (Å²) >= 11 is 0. The summed E-state index contributed by atoms with van der Waals surface area (Å²) in [5, 5.41) is 17.3. The fraction of sp³-hybridized carbons (Fsp3) is 0.750. The lowest BCUT2D eigenvalue weighted by molar-refractivity contribution is 0.0428. The Kier molecular flexibility index (Phi) is 7.97. The van der Waals surface area contributed by atoms with Gasteiger partial charge >= 0.3 is 0 Å². The first-order valence-corrected chi connectivity index (χ1v) is 9.94. The van der Waals surface area contributed by atoms with E-state index in [0.29, 0.717) is 11.8 Å². The molecule has 2 rings (SSSR count). The molecule has 148 valence electrons. The number of likely N-dealkylation sites (N-methyl/N-ethyl adjacent to an activating group) is 1. The van der Waals surface area contributed by atoms with Gasteiger partial charge in [0.1, 0.15) is 17.1 Å². The first kappa shape index (κ1) is 20.8. The van der Waals surface area contributed by atoms with Gasteiger partial charge < -0.3 is 25.1 Å². The van der Waals surface area contributed by atoms with Crippen LogP contribution in [0.1, 0.15) is 57.5 Å². The lowest BCUT2D eigenvalue weighted by Crippen LogP contribution is -2.44. The maximum absolute atomic E-state index is 10.6. The summed E-state index contributed by atoms with van der Waals surface area (Å²) in [5.41, 5.74) is -1.12. The van der Waals surface area contributed by atoms with Crippen LogP contribution in [0.5, 0.6) is 0 Å². The number of aliphatic imine (C=N–C) groups is 1. The normalized spacial score (nSPS) is 18.8. The van der Waals surface area contributed by atoms with E-state index in [2.05, 4.69) is 27.6 Å². The van der Waals surface area contributed by atoms with Gasteiger partial charge in [-0.05, 0) is 52.8 Å². The topological polar surface area (TPSA) is 73.0 Å². The Morgan fingerprint density at radius 2 is 2.04 bits per heavy atom. The average Bonchev–Trinajstić information content (AvgIpc) is 3.08. The quantitative estimate of drug-likeness (QED) is 0.488. The van der Waals surface area contributed by atoms with Crippen LogP contribution in [0.4, 0.5) is 0 Å². The van der Waals surface area contributed by atoms with Gasteiger partial charge in [-0.3, -0.25) is 0 Å². The minimum atomic E-state index is -1.12. The highest BCUT2D eigenvalue weighted by molar-refractivity contribution is 5.79. The number of nitrogens with one attached hydrogen (secondary N) is 2. The van der Waals surface area contributed by atoms with Crippen molar-refractivity contribution in [2.75, 3.05) is 33.2 Å². The molecule has 0 saturated heterocycles. The number of aryl methyl sites for hydroxylation is 1. The minimum Gasteiger partial charge on any atom is -0.463 e. The van der Waals surface area contributed by atoms with E-state index >= 15 is 0 Å². The Morgan fingerprint density at radius 1 is 1.31 bits per heavy atom. The highest BCUT2D eigenvalue weighted by Crippen LogP contribution is 2.23. The van der Waals surface area contributed by atoms with E-state index in [1.807, 2.05) is 26.0 Å². The molecule has 6 nitrogen and oxygen atoms in total. The van der Waals surface area contributed by atoms with Crippen LogP contribution in [0.15, 0.2) is 21.5 Å². The number of nitrogens with zero attached hydrogens (tertiary/aromatic N) is 2. The van der Waals surface area contributed by atoms with Crippen LogP contribution in [0.25, 0.3) is 0 Å². The Morgan fingerprint density at radius 3 is 2.65 bits per heavy atom. The van der Waals surface area contributed by atoms with E-state index in [-0.39, 0.29) is 6.54 Å². The van der Waals surface area contributed by atoms with Gasteiger partial charge in [-0.1, -0.05) is 19.3 Å². The third-order valence-corrected chi connectivity index (χ3v) is 5.12. The van der Waals surface area contributed by atoms with Gasteiger partial charge in [-0.25, -0.2) is 4.99 Å². The zero-order valence-electron chi connectivity index (χ0n) is 16.8. The lowest BCUT2D eigenvalue weighted by atomic mass is 9.94. The van der Waals surface area contributed by atoms with E-state index in [1.165, 1.54) is 32.1 Å². The first-order valence-electron chi connectivity index (χ1n) is 9.94. The van der Waals surface area contributed by atoms with Crippen molar-refractivity contribution in [3.63, 3.8) is 0 Å². The zero-order chi connectivity index (χ0) is 19.0. The molecule has 1 unspecified atom stereocenters. The predicted octanol–water partition coefficient (Wildman–Crippen LogP) is 2.62. The molecule has 26 heavy (non-hydrogen) atoms. The summed E-state index contributed by atoms with van der Waals surface area (Å²) in [6.07, 6.45) is 6.73. The van der Waals surface area contributed by atoms with Gasteiger partial charge in [0, 0.05) is 25.7 Å². The molecule has 0 aromatic carbocycles. The van der Waals surface area contributed by atoms with Crippen molar-refractivity contribution >= 4 is 5.96 Å². The Bertz CT molecular complexity index is 562. The minimum absolute atomic E-state index is 0.244. The molecule has 0 bridgehead atoms. The van der Waals surface area contributed by atoms with E-state index < -0.39 is 5.60 Å². The van der Waals surface area contributed by atoms with Crippen LogP contribution in [0, 0.1) is 6.92 Å². The maximum Gasteiger partial charge on any atom is 0.191 e. The summed E-state index contributed by atoms with van der Waals surface area (Å²) < 4.78 is 5.55. The Balaban J connectivity index is 1.83. The molecular formula is C20H36N4O2. The molecule has 1 saturated carbocycles. The van der Waals surface area contributed by atoms with Gasteiger partial charge in [-0.15, -0.1) is 0 Å². The van der Waals surface area contributed by atoms with E-state index in [9.17, 15) is 5.11 Å². The lowest BCUT2D eigenvalue weighted by Gasteiger charge is -2.31. The zero-order valence-corrected chi connectivity index (χ0v) is 16.8. The fourth-order valence-corrected chi connectivity index (χ4v) is 3.43. The second-order valence-electron chi connectivity index (χ2n) is 7.58. The van der Waals surface area contributed by atoms with Gasteiger partial charge in [0.25, 0.3) is 0 Å². The van der Waals surface area contributed by atoms with Crippen LogP contribution in [0.2, 0.25) is 0 Å². The van der Waals surface area contributed by atoms with Crippen LogP contribution >= 0.6 is 0 Å². The summed E-state index contributed by atoms with van der Waals surface area (Å²) in [5.74, 6) is 2.07. The van der Waals surface area contributed by atoms with Gasteiger partial charge in [0.2, 0.25) is 0 Å². The van der Waals surface area contributed by atoms with Crippen molar-refractivity contribution < 1.29 is 9.52 Å². The Hall–Kier alpha value is -1.53. The summed E-state index contributed by atoms with van der Waals surface area (Å²) in [6.45, 7) is 8.50. The second-order valence-corrected chi connectivity index (χ2v) is 7.58. The summed E-state index contributed by atoms with van der Waals surface area (Å²) in [7, 11) is 2.21. The van der Waals surface area contributed by atoms with Gasteiger partial charge in [0.05, 0.1) is 6.54 Å². The molecule has 6 heteroatoms. The van der Waals surface area contributed by atoms with Gasteiger partial charge in [-0.2, -0.15) is 0 Å². The molecule has 0 radical (unpaired) electrons. The highest BCUT2D eigenvalue weighted by Gasteiger charge is 2.26. The SMILES string of the molecule is CCNC(=NCC(C)(O)c1ccc(C)o1)NCCN(C)C1CCCCC1. The van der Waals surface area contributed by atoms with E-state index in [0.717, 1.165) is 31.4 Å². The van der Waals surface area contributed by atoms with Crippen molar-refractivity contribution in [3.05, 3.63) is 23.7 Å². The fourth-order valence-electron chi connectivity index (χ4n) is 3.43. The monoisotopic (exact) mass is 364 g/mol. The molecule has 1 fully saturated rings. The van der Waals surface area contributed by atoms with Crippen molar-refractivity contribution in [3.8, 4) is 0 Å². The third kappa shape index (κ3) is 6.32. The molecule has 0 aliphatic heterocycles. The summed E-state index contributed by atoms with van der Waals surface area (Å²) in [4.78, 5) is 7.00. The molecule has 1 aliphatic carbocycles. The van der Waals surface area contributed by atoms with Crippen LogP contribution in [0.3, 0.4) is 0 Å². The molecule has 1 aliphatic rings.